The van der Waals surface area contributed by atoms with Gasteiger partial charge in [0.05, 0.1) is 19.8 Å². The quantitative estimate of drug-likeness (QED) is 0.278. The molecule has 1 saturated carbocycles. The maximum atomic E-state index is 14.3. The number of carbonyl (C=O) groups is 4. The van der Waals surface area contributed by atoms with E-state index in [9.17, 15) is 28.6 Å². The molecular weight excluding hydrogens is 651 g/mol. The SMILES string of the molecule is C=C[C@H]1C[C@]1(NC(=O)[C@@H]1C[C@@H]2CN1C(=O)[C@H](C(C)(C)C)NC(=O)OC[C@H](C)CCCCc1cccc3c1CN(C3)C(=O)O2)P(=O)(O)OCC. The number of nitrogens with zero attached hydrogens (tertiary/aromatic N) is 2. The molecule has 5 rings (SSSR count). The molecule has 4 aliphatic rings. The van der Waals surface area contributed by atoms with Gasteiger partial charge in [0.2, 0.25) is 11.8 Å². The van der Waals surface area contributed by atoms with E-state index in [1.54, 1.807) is 32.6 Å². The van der Waals surface area contributed by atoms with Crippen molar-refractivity contribution >= 4 is 31.6 Å². The number of benzene rings is 1. The number of carbonyl (C=O) groups excluding carboxylic acids is 4. The van der Waals surface area contributed by atoms with Gasteiger partial charge < -0.3 is 34.4 Å². The predicted octanol–water partition coefficient (Wildman–Crippen LogP) is 4.85. The number of ether oxygens (including phenoxy) is 2. The molecule has 0 aromatic heterocycles. The van der Waals surface area contributed by atoms with Gasteiger partial charge in [-0.15, -0.1) is 6.58 Å². The summed E-state index contributed by atoms with van der Waals surface area (Å²) in [6, 6.07) is 3.84. The average Bonchev–Trinajstić information content (AvgIpc) is 3.35. The lowest BCUT2D eigenvalue weighted by molar-refractivity contribution is -0.142. The highest BCUT2D eigenvalue weighted by atomic mass is 31.2. The monoisotopic (exact) mass is 702 g/mol. The summed E-state index contributed by atoms with van der Waals surface area (Å²) >= 11 is 0. The van der Waals surface area contributed by atoms with Crippen molar-refractivity contribution in [2.24, 2.45) is 17.3 Å². The molecule has 14 heteroatoms. The zero-order chi connectivity index (χ0) is 35.7. The fourth-order valence-corrected chi connectivity index (χ4v) is 8.99. The van der Waals surface area contributed by atoms with Crippen LogP contribution in [-0.2, 0) is 47.7 Å². The number of nitrogens with one attached hydrogen (secondary N) is 2. The molecule has 0 radical (unpaired) electrons. The molecule has 1 saturated heterocycles. The summed E-state index contributed by atoms with van der Waals surface area (Å²) < 4.78 is 30.0. The number of fused-ring (bicyclic) bond motifs is 3. The topological polar surface area (TPSA) is 164 Å². The van der Waals surface area contributed by atoms with Crippen LogP contribution in [0, 0.1) is 17.3 Å². The van der Waals surface area contributed by atoms with E-state index in [1.165, 1.54) is 16.5 Å². The second-order valence-corrected chi connectivity index (χ2v) is 17.0. The van der Waals surface area contributed by atoms with Gasteiger partial charge in [-0.25, -0.2) is 9.59 Å². The Hall–Kier alpha value is -3.41. The number of rotatable bonds is 6. The molecule has 3 heterocycles. The Morgan fingerprint density at radius 2 is 1.96 bits per heavy atom. The minimum atomic E-state index is -4.33. The van der Waals surface area contributed by atoms with Crippen molar-refractivity contribution in [2.45, 2.75) is 110 Å². The minimum Gasteiger partial charge on any atom is -0.449 e. The van der Waals surface area contributed by atoms with Crippen molar-refractivity contribution < 1.29 is 42.6 Å². The highest BCUT2D eigenvalue weighted by Crippen LogP contribution is 2.70. The number of alkyl carbamates (subject to hydrolysis) is 1. The fourth-order valence-electron chi connectivity index (χ4n) is 7.21. The first-order valence-electron chi connectivity index (χ1n) is 17.3. The Kier molecular flexibility index (Phi) is 10.9. The Labute approximate surface area is 288 Å². The number of amides is 4. The average molecular weight is 703 g/mol. The van der Waals surface area contributed by atoms with Gasteiger partial charge in [0, 0.05) is 25.4 Å². The standard InChI is InChI=1S/C35H51N4O9P/c1-7-25-17-35(25,49(44,45)47-8-2)37-30(40)28-16-26-19-39(28)31(41)29(34(4,5)6)36-32(42)46-21-22(3)12-9-10-13-23-14-11-15-24-18-38(20-27(23)24)33(43)48-26/h7,11,14-15,22,25-26,28-29H,1,8-10,12-13,16-21H2,2-6H3,(H,36,42)(H,37,40)(H,44,45)/t22-,25+,26-,28+,29-,35+/m1/s1. The van der Waals surface area contributed by atoms with Crippen LogP contribution in [0.2, 0.25) is 0 Å². The van der Waals surface area contributed by atoms with Crippen LogP contribution in [-0.4, -0.2) is 81.9 Å². The highest BCUT2D eigenvalue weighted by molar-refractivity contribution is 7.55. The zero-order valence-corrected chi connectivity index (χ0v) is 30.1. The Morgan fingerprint density at radius 1 is 1.22 bits per heavy atom. The smallest absolute Gasteiger partial charge is 0.410 e. The molecule has 1 aromatic rings. The van der Waals surface area contributed by atoms with Gasteiger partial charge >= 0.3 is 19.8 Å². The first-order valence-corrected chi connectivity index (χ1v) is 18.9. The van der Waals surface area contributed by atoms with Gasteiger partial charge in [0.1, 0.15) is 23.5 Å². The van der Waals surface area contributed by atoms with Gasteiger partial charge in [-0.2, -0.15) is 0 Å². The molecule has 49 heavy (non-hydrogen) atoms. The van der Waals surface area contributed by atoms with Gasteiger partial charge in [-0.1, -0.05) is 58.4 Å². The lowest BCUT2D eigenvalue weighted by Gasteiger charge is -2.35. The van der Waals surface area contributed by atoms with E-state index in [1.807, 2.05) is 19.1 Å². The summed E-state index contributed by atoms with van der Waals surface area (Å²) in [5, 5.41) is 3.87. The summed E-state index contributed by atoms with van der Waals surface area (Å²) in [6.07, 6.45) is 3.04. The lowest BCUT2D eigenvalue weighted by Crippen LogP contribution is -2.58. The van der Waals surface area contributed by atoms with E-state index in [2.05, 4.69) is 23.3 Å². The maximum Gasteiger partial charge on any atom is 0.410 e. The normalized spacial score (nSPS) is 30.8. The van der Waals surface area contributed by atoms with Crippen LogP contribution in [0.3, 0.4) is 0 Å². The van der Waals surface area contributed by atoms with Crippen LogP contribution < -0.4 is 10.6 Å². The summed E-state index contributed by atoms with van der Waals surface area (Å²) in [5.74, 6) is -1.67. The van der Waals surface area contributed by atoms with Gasteiger partial charge in [0.25, 0.3) is 0 Å². The second-order valence-electron chi connectivity index (χ2n) is 14.9. The molecule has 4 amide bonds. The third-order valence-electron chi connectivity index (χ3n) is 10.1. The van der Waals surface area contributed by atoms with Crippen LogP contribution in [0.15, 0.2) is 30.9 Å². The molecule has 4 bridgehead atoms. The van der Waals surface area contributed by atoms with Gasteiger partial charge in [-0.05, 0) is 60.6 Å². The third-order valence-corrected chi connectivity index (χ3v) is 12.4. The van der Waals surface area contributed by atoms with Crippen molar-refractivity contribution in [3.05, 3.63) is 47.5 Å². The molecule has 1 unspecified atom stereocenters. The Balaban J connectivity index is 1.44. The summed E-state index contributed by atoms with van der Waals surface area (Å²) in [5.41, 5.74) is 2.57. The van der Waals surface area contributed by atoms with Crippen molar-refractivity contribution in [1.82, 2.24) is 20.4 Å². The molecule has 1 aromatic carbocycles. The second kappa shape index (κ2) is 14.4. The highest BCUT2D eigenvalue weighted by Gasteiger charge is 2.67. The Bertz CT molecular complexity index is 1510. The van der Waals surface area contributed by atoms with Crippen LogP contribution in [0.1, 0.15) is 83.4 Å². The number of hydrogen-bond donors (Lipinski definition) is 3. The molecule has 1 aliphatic carbocycles. The number of hydrogen-bond acceptors (Lipinski definition) is 8. The van der Waals surface area contributed by atoms with Crippen molar-refractivity contribution in [3.63, 3.8) is 0 Å². The van der Waals surface area contributed by atoms with Crippen molar-refractivity contribution in [3.8, 4) is 0 Å². The minimum absolute atomic E-state index is 0.0446. The molecule has 3 aliphatic heterocycles. The zero-order valence-electron chi connectivity index (χ0n) is 29.2. The number of aryl methyl sites for hydroxylation is 1. The predicted molar refractivity (Wildman–Crippen MR) is 181 cm³/mol. The van der Waals surface area contributed by atoms with Crippen LogP contribution >= 0.6 is 7.60 Å². The summed E-state index contributed by atoms with van der Waals surface area (Å²) in [4.78, 5) is 68.8. The molecular formula is C35H51N4O9P. The lowest BCUT2D eigenvalue weighted by atomic mass is 9.85. The summed E-state index contributed by atoms with van der Waals surface area (Å²) in [6.45, 7) is 13.5. The van der Waals surface area contributed by atoms with Gasteiger partial charge in [0.15, 0.2) is 0 Å². The van der Waals surface area contributed by atoms with E-state index < -0.39 is 66.4 Å². The van der Waals surface area contributed by atoms with E-state index in [4.69, 9.17) is 14.0 Å². The van der Waals surface area contributed by atoms with Crippen molar-refractivity contribution in [2.75, 3.05) is 19.8 Å². The maximum absolute atomic E-state index is 14.3. The molecule has 270 valence electrons. The third kappa shape index (κ3) is 7.84. The first kappa shape index (κ1) is 36.9. The van der Waals surface area contributed by atoms with Crippen LogP contribution in [0.5, 0.6) is 0 Å². The molecule has 2 fully saturated rings. The molecule has 0 spiro atoms. The van der Waals surface area contributed by atoms with Gasteiger partial charge in [-0.3, -0.25) is 19.1 Å². The molecule has 7 atom stereocenters. The molecule has 3 N–H and O–H groups in total. The first-order chi connectivity index (χ1) is 23.1. The van der Waals surface area contributed by atoms with E-state index in [0.717, 1.165) is 36.8 Å². The van der Waals surface area contributed by atoms with E-state index in [-0.39, 0.29) is 38.5 Å². The van der Waals surface area contributed by atoms with Crippen molar-refractivity contribution in [1.29, 1.82) is 0 Å². The molecule has 13 nitrogen and oxygen atoms in total. The van der Waals surface area contributed by atoms with Crippen LogP contribution in [0.4, 0.5) is 9.59 Å². The number of cyclic esters (lactones) is 1. The van der Waals surface area contributed by atoms with E-state index in [0.29, 0.717) is 13.1 Å². The summed E-state index contributed by atoms with van der Waals surface area (Å²) in [7, 11) is -4.33. The van der Waals surface area contributed by atoms with E-state index >= 15 is 0 Å². The fraction of sp³-hybridized carbons (Fsp3) is 0.657. The Morgan fingerprint density at radius 3 is 2.63 bits per heavy atom. The largest absolute Gasteiger partial charge is 0.449 e. The van der Waals surface area contributed by atoms with Crippen LogP contribution in [0.25, 0.3) is 0 Å².